The minimum Gasteiger partial charge on any atom is -0.454 e. The fourth-order valence-electron chi connectivity index (χ4n) is 7.54. The number of rotatable bonds is 7. The number of benzene rings is 7. The minimum absolute atomic E-state index is 0.0231. The van der Waals surface area contributed by atoms with E-state index in [0.29, 0.717) is 5.02 Å². The zero-order chi connectivity index (χ0) is 38.5. The molecule has 8 rings (SSSR count). The fraction of sp³-hybridized carbons (Fsp3) is 0.176. The Bertz CT molecular complexity index is 2660. The zero-order valence-corrected chi connectivity index (χ0v) is 33.4. The second-order valence-corrected chi connectivity index (χ2v) is 17.0. The Balaban J connectivity index is 1.41. The number of anilines is 6. The molecule has 274 valence electrons. The summed E-state index contributed by atoms with van der Waals surface area (Å²) >= 11 is 6.73. The van der Waals surface area contributed by atoms with Crippen molar-refractivity contribution in [1.29, 1.82) is 0 Å². The minimum atomic E-state index is -0.0353. The normalized spacial score (nSPS) is 12.0. The largest absolute Gasteiger partial charge is 0.454 e. The van der Waals surface area contributed by atoms with Crippen molar-refractivity contribution in [3.63, 3.8) is 0 Å². The lowest BCUT2D eigenvalue weighted by atomic mass is 9.84. The van der Waals surface area contributed by atoms with Gasteiger partial charge in [0.2, 0.25) is 0 Å². The molecule has 0 saturated carbocycles. The van der Waals surface area contributed by atoms with E-state index >= 15 is 0 Å². The first-order valence-electron chi connectivity index (χ1n) is 19.0. The lowest BCUT2D eigenvalue weighted by Crippen LogP contribution is -2.17. The van der Waals surface area contributed by atoms with Gasteiger partial charge in [0.25, 0.3) is 0 Å². The SMILES string of the molecule is Cc1cc(N(c2cccc(C(C)(C)C)c2)c2ccc(C(C)(C)C)cc2-c2ccccc2)cc(N(c2cccc(Cl)c2)c2cccc3c2oc2ccccc23)c1. The van der Waals surface area contributed by atoms with Crippen molar-refractivity contribution in [1.82, 2.24) is 0 Å². The molecule has 0 aliphatic heterocycles. The number of aryl methyl sites for hydroxylation is 1. The summed E-state index contributed by atoms with van der Waals surface area (Å²) in [5, 5.41) is 2.83. The standard InChI is InChI=1S/C51H47ClN2O/c1-34-28-41(33-42(29-34)54(40-21-14-19-38(52)32-40)47-24-15-23-44-43-22-11-12-25-48(43)55-49(44)47)53(39-20-13-18-36(30-39)50(2,3)4)46-27-26-37(51(5,6)7)31-45(46)35-16-9-8-10-17-35/h8-33H,1-7H3. The topological polar surface area (TPSA) is 19.6 Å². The lowest BCUT2D eigenvalue weighted by molar-refractivity contribution is 0.590. The molecule has 0 aliphatic rings. The monoisotopic (exact) mass is 738 g/mol. The van der Waals surface area contributed by atoms with Crippen molar-refractivity contribution in [2.45, 2.75) is 59.3 Å². The Labute approximate surface area is 330 Å². The number of hydrogen-bond donors (Lipinski definition) is 0. The molecule has 0 amide bonds. The fourth-order valence-corrected chi connectivity index (χ4v) is 7.72. The van der Waals surface area contributed by atoms with Crippen LogP contribution in [0.1, 0.15) is 58.2 Å². The van der Waals surface area contributed by atoms with E-state index in [-0.39, 0.29) is 10.8 Å². The van der Waals surface area contributed by atoms with Crippen LogP contribution in [0.4, 0.5) is 34.1 Å². The van der Waals surface area contributed by atoms with Crippen molar-refractivity contribution < 1.29 is 4.42 Å². The number of hydrogen-bond acceptors (Lipinski definition) is 3. The van der Waals surface area contributed by atoms with Crippen molar-refractivity contribution >= 4 is 67.7 Å². The third-order valence-electron chi connectivity index (χ3n) is 10.4. The van der Waals surface area contributed by atoms with Gasteiger partial charge in [-0.3, -0.25) is 0 Å². The Kier molecular flexibility index (Phi) is 9.31. The molecule has 0 aliphatic carbocycles. The van der Waals surface area contributed by atoms with Crippen LogP contribution in [0.15, 0.2) is 162 Å². The lowest BCUT2D eigenvalue weighted by Gasteiger charge is -2.33. The predicted octanol–water partition coefficient (Wildman–Crippen LogP) is 15.7. The molecule has 0 atom stereocenters. The summed E-state index contributed by atoms with van der Waals surface area (Å²) in [5.41, 5.74) is 13.8. The molecule has 0 radical (unpaired) electrons. The summed E-state index contributed by atoms with van der Waals surface area (Å²) in [6, 6.07) is 56.2. The summed E-state index contributed by atoms with van der Waals surface area (Å²) in [5.74, 6) is 0. The van der Waals surface area contributed by atoms with Crippen LogP contribution in [0.5, 0.6) is 0 Å². The van der Waals surface area contributed by atoms with Crippen LogP contribution in [0.2, 0.25) is 5.02 Å². The first-order valence-corrected chi connectivity index (χ1v) is 19.4. The molecule has 3 nitrogen and oxygen atoms in total. The second kappa shape index (κ2) is 14.1. The van der Waals surface area contributed by atoms with Gasteiger partial charge in [0.1, 0.15) is 5.58 Å². The molecule has 0 bridgehead atoms. The molecule has 4 heteroatoms. The summed E-state index contributed by atoms with van der Waals surface area (Å²) in [6.07, 6.45) is 0. The van der Waals surface area contributed by atoms with E-state index in [1.807, 2.05) is 30.3 Å². The van der Waals surface area contributed by atoms with Gasteiger partial charge in [-0.2, -0.15) is 0 Å². The van der Waals surface area contributed by atoms with E-state index in [2.05, 4.69) is 186 Å². The first-order chi connectivity index (χ1) is 26.3. The predicted molar refractivity (Wildman–Crippen MR) is 236 cm³/mol. The zero-order valence-electron chi connectivity index (χ0n) is 32.7. The van der Waals surface area contributed by atoms with E-state index in [4.69, 9.17) is 16.0 Å². The molecule has 0 saturated heterocycles. The summed E-state index contributed by atoms with van der Waals surface area (Å²) in [7, 11) is 0. The van der Waals surface area contributed by atoms with E-state index in [1.165, 1.54) is 22.3 Å². The molecule has 0 fully saturated rings. The van der Waals surface area contributed by atoms with E-state index in [0.717, 1.165) is 61.6 Å². The molecule has 1 heterocycles. The maximum absolute atomic E-state index is 6.73. The third kappa shape index (κ3) is 7.13. The highest BCUT2D eigenvalue weighted by atomic mass is 35.5. The molecule has 0 N–H and O–H groups in total. The van der Waals surface area contributed by atoms with Gasteiger partial charge < -0.3 is 14.2 Å². The molecular formula is C51H47ClN2O. The van der Waals surface area contributed by atoms with Crippen LogP contribution in [-0.4, -0.2) is 0 Å². The summed E-state index contributed by atoms with van der Waals surface area (Å²) < 4.78 is 6.65. The van der Waals surface area contributed by atoms with Gasteiger partial charge in [-0.25, -0.2) is 0 Å². The van der Waals surface area contributed by atoms with Gasteiger partial charge in [-0.15, -0.1) is 0 Å². The maximum atomic E-state index is 6.73. The van der Waals surface area contributed by atoms with Gasteiger partial charge in [-0.05, 0) is 113 Å². The smallest absolute Gasteiger partial charge is 0.159 e. The van der Waals surface area contributed by atoms with Crippen LogP contribution >= 0.6 is 11.6 Å². The number of halogens is 1. The summed E-state index contributed by atoms with van der Waals surface area (Å²) in [6.45, 7) is 15.8. The van der Waals surface area contributed by atoms with E-state index in [9.17, 15) is 0 Å². The molecule has 7 aromatic carbocycles. The van der Waals surface area contributed by atoms with Crippen molar-refractivity contribution in [2.24, 2.45) is 0 Å². The van der Waals surface area contributed by atoms with Gasteiger partial charge in [0, 0.05) is 44.1 Å². The molecular weight excluding hydrogens is 692 g/mol. The van der Waals surface area contributed by atoms with Crippen LogP contribution in [0.25, 0.3) is 33.1 Å². The number of para-hydroxylation sites is 2. The average Bonchev–Trinajstić information content (AvgIpc) is 3.54. The van der Waals surface area contributed by atoms with Crippen LogP contribution < -0.4 is 9.80 Å². The molecule has 1 aromatic heterocycles. The van der Waals surface area contributed by atoms with E-state index in [1.54, 1.807) is 0 Å². The molecule has 0 spiro atoms. The van der Waals surface area contributed by atoms with Crippen molar-refractivity contribution in [3.05, 3.63) is 179 Å². The van der Waals surface area contributed by atoms with Gasteiger partial charge in [-0.1, -0.05) is 138 Å². The van der Waals surface area contributed by atoms with Gasteiger partial charge in [0.15, 0.2) is 5.58 Å². The molecule has 0 unspecified atom stereocenters. The average molecular weight is 739 g/mol. The van der Waals surface area contributed by atoms with Gasteiger partial charge in [0.05, 0.1) is 11.4 Å². The first kappa shape index (κ1) is 36.2. The highest BCUT2D eigenvalue weighted by Gasteiger charge is 2.25. The highest BCUT2D eigenvalue weighted by molar-refractivity contribution is 6.31. The highest BCUT2D eigenvalue weighted by Crippen LogP contribution is 2.47. The third-order valence-corrected chi connectivity index (χ3v) is 10.6. The molecule has 55 heavy (non-hydrogen) atoms. The summed E-state index contributed by atoms with van der Waals surface area (Å²) in [4.78, 5) is 4.70. The number of nitrogens with zero attached hydrogens (tertiary/aromatic N) is 2. The Morgan fingerprint density at radius 3 is 1.78 bits per heavy atom. The van der Waals surface area contributed by atoms with E-state index < -0.39 is 0 Å². The van der Waals surface area contributed by atoms with Crippen LogP contribution in [0, 0.1) is 6.92 Å². The van der Waals surface area contributed by atoms with Crippen LogP contribution in [-0.2, 0) is 10.8 Å². The number of furan rings is 1. The Morgan fingerprint density at radius 2 is 1.07 bits per heavy atom. The quantitative estimate of drug-likeness (QED) is 0.162. The van der Waals surface area contributed by atoms with Gasteiger partial charge >= 0.3 is 0 Å². The number of fused-ring (bicyclic) bond motifs is 3. The second-order valence-electron chi connectivity index (χ2n) is 16.6. The Hall–Kier alpha value is -5.77. The Morgan fingerprint density at radius 1 is 0.473 bits per heavy atom. The molecule has 8 aromatic rings. The van der Waals surface area contributed by atoms with Crippen molar-refractivity contribution in [2.75, 3.05) is 9.80 Å². The maximum Gasteiger partial charge on any atom is 0.159 e. The van der Waals surface area contributed by atoms with Crippen LogP contribution in [0.3, 0.4) is 0 Å². The van der Waals surface area contributed by atoms with Crippen molar-refractivity contribution in [3.8, 4) is 11.1 Å².